The van der Waals surface area contributed by atoms with Gasteiger partial charge in [0.15, 0.2) is 0 Å². The number of likely N-dealkylation sites (N-methyl/N-ethyl adjacent to an activating group) is 1. The summed E-state index contributed by atoms with van der Waals surface area (Å²) in [6.45, 7) is 6.13. The van der Waals surface area contributed by atoms with E-state index >= 15 is 0 Å². The van der Waals surface area contributed by atoms with Crippen molar-refractivity contribution in [2.75, 3.05) is 20.2 Å². The first-order valence-electron chi connectivity index (χ1n) is 5.14. The second-order valence-electron chi connectivity index (χ2n) is 2.75. The molecule has 0 atom stereocenters. The molecule has 0 amide bonds. The average Bonchev–Trinajstić information content (AvgIpc) is 2.55. The molecule has 0 aliphatic rings. The quantitative estimate of drug-likeness (QED) is 0.837. The molecule has 1 aromatic rings. The summed E-state index contributed by atoms with van der Waals surface area (Å²) in [5, 5.41) is 7.24. The molecule has 1 N–H and O–H groups in total. The van der Waals surface area contributed by atoms with Crippen molar-refractivity contribution in [1.29, 1.82) is 0 Å². The summed E-state index contributed by atoms with van der Waals surface area (Å²) < 4.78 is 8.15. The van der Waals surface area contributed by atoms with Crippen LogP contribution in [0.2, 0.25) is 0 Å². The molecule has 5 heteroatoms. The normalized spacial score (nSPS) is 9.67. The minimum atomic E-state index is 0.559. The number of ether oxygens (including phenoxy) is 1. The molecule has 0 unspecified atom stereocenters. The molecule has 0 saturated heterocycles. The molecule has 1 rings (SSSR count). The third kappa shape index (κ3) is 5.92. The fourth-order valence-electron chi connectivity index (χ4n) is 0.946. The van der Waals surface area contributed by atoms with Crippen LogP contribution in [0.15, 0.2) is 10.7 Å². The number of halogens is 1. The summed E-state index contributed by atoms with van der Waals surface area (Å²) in [5.41, 5.74) is 0.943. The van der Waals surface area contributed by atoms with Gasteiger partial charge in [0.2, 0.25) is 0 Å². The number of aromatic nitrogens is 2. The highest BCUT2D eigenvalue weighted by molar-refractivity contribution is 9.10. The molecule has 0 spiro atoms. The SMILES string of the molecule is CC.CNCCOCc1nn(C)cc1Br. The zero-order valence-electron chi connectivity index (χ0n) is 9.88. The zero-order valence-corrected chi connectivity index (χ0v) is 11.5. The Bertz CT molecular complexity index is 263. The molecule has 1 aromatic heterocycles. The predicted octanol–water partition coefficient (Wildman–Crippen LogP) is 1.94. The van der Waals surface area contributed by atoms with Gasteiger partial charge >= 0.3 is 0 Å². The van der Waals surface area contributed by atoms with Crippen LogP contribution in [0.3, 0.4) is 0 Å². The number of nitrogens with one attached hydrogen (secondary N) is 1. The fraction of sp³-hybridized carbons (Fsp3) is 0.700. The van der Waals surface area contributed by atoms with Crippen molar-refractivity contribution in [2.45, 2.75) is 20.5 Å². The maximum absolute atomic E-state index is 5.39. The van der Waals surface area contributed by atoms with Gasteiger partial charge in [-0.05, 0) is 23.0 Å². The van der Waals surface area contributed by atoms with E-state index in [1.54, 1.807) is 4.68 Å². The Morgan fingerprint density at radius 3 is 2.67 bits per heavy atom. The molecular formula is C10H20BrN3O. The number of aryl methyl sites for hydroxylation is 1. The highest BCUT2D eigenvalue weighted by Crippen LogP contribution is 2.14. The first-order chi connectivity index (χ1) is 7.24. The van der Waals surface area contributed by atoms with Crippen molar-refractivity contribution in [1.82, 2.24) is 15.1 Å². The zero-order chi connectivity index (χ0) is 11.7. The Morgan fingerprint density at radius 2 is 2.20 bits per heavy atom. The molecule has 0 saturated carbocycles. The molecule has 88 valence electrons. The van der Waals surface area contributed by atoms with Gasteiger partial charge in [0.25, 0.3) is 0 Å². The summed E-state index contributed by atoms with van der Waals surface area (Å²) in [5.74, 6) is 0. The van der Waals surface area contributed by atoms with E-state index < -0.39 is 0 Å². The lowest BCUT2D eigenvalue weighted by Gasteiger charge is -2.00. The Balaban J connectivity index is 0.000000921. The summed E-state index contributed by atoms with van der Waals surface area (Å²) >= 11 is 3.41. The monoisotopic (exact) mass is 277 g/mol. The van der Waals surface area contributed by atoms with Crippen molar-refractivity contribution in [3.05, 3.63) is 16.4 Å². The van der Waals surface area contributed by atoms with Crippen LogP contribution in [0.1, 0.15) is 19.5 Å². The number of hydrogen-bond donors (Lipinski definition) is 1. The third-order valence-corrected chi connectivity index (χ3v) is 2.25. The maximum Gasteiger partial charge on any atom is 0.102 e. The highest BCUT2D eigenvalue weighted by Gasteiger charge is 2.03. The van der Waals surface area contributed by atoms with E-state index in [2.05, 4.69) is 26.3 Å². The summed E-state index contributed by atoms with van der Waals surface area (Å²) in [7, 11) is 3.79. The molecular weight excluding hydrogens is 258 g/mol. The van der Waals surface area contributed by atoms with E-state index in [0.717, 1.165) is 16.7 Å². The van der Waals surface area contributed by atoms with Gasteiger partial charge in [0.05, 0.1) is 17.7 Å². The number of nitrogens with zero attached hydrogens (tertiary/aromatic N) is 2. The van der Waals surface area contributed by atoms with Gasteiger partial charge in [-0.2, -0.15) is 5.10 Å². The summed E-state index contributed by atoms with van der Waals surface area (Å²) in [4.78, 5) is 0. The average molecular weight is 278 g/mol. The van der Waals surface area contributed by atoms with Crippen molar-refractivity contribution < 1.29 is 4.74 Å². The van der Waals surface area contributed by atoms with E-state index in [1.165, 1.54) is 0 Å². The first kappa shape index (κ1) is 14.6. The van der Waals surface area contributed by atoms with Crippen LogP contribution in [0.5, 0.6) is 0 Å². The lowest BCUT2D eigenvalue weighted by molar-refractivity contribution is 0.120. The Morgan fingerprint density at radius 1 is 1.53 bits per heavy atom. The van der Waals surface area contributed by atoms with Crippen molar-refractivity contribution in [2.24, 2.45) is 7.05 Å². The smallest absolute Gasteiger partial charge is 0.102 e. The Kier molecular flexibility index (Phi) is 8.65. The van der Waals surface area contributed by atoms with Crippen LogP contribution in [-0.4, -0.2) is 30.0 Å². The van der Waals surface area contributed by atoms with E-state index in [-0.39, 0.29) is 0 Å². The van der Waals surface area contributed by atoms with Crippen molar-refractivity contribution >= 4 is 15.9 Å². The molecule has 0 fully saturated rings. The number of hydrogen-bond acceptors (Lipinski definition) is 3. The highest BCUT2D eigenvalue weighted by atomic mass is 79.9. The molecule has 0 bridgehead atoms. The Hall–Kier alpha value is -0.390. The van der Waals surface area contributed by atoms with Crippen molar-refractivity contribution in [3.8, 4) is 0 Å². The van der Waals surface area contributed by atoms with Gasteiger partial charge in [-0.3, -0.25) is 4.68 Å². The predicted molar refractivity (Wildman–Crippen MR) is 65.8 cm³/mol. The van der Waals surface area contributed by atoms with Gasteiger partial charge < -0.3 is 10.1 Å². The van der Waals surface area contributed by atoms with Gasteiger partial charge in [-0.25, -0.2) is 0 Å². The molecule has 1 heterocycles. The minimum absolute atomic E-state index is 0.559. The first-order valence-corrected chi connectivity index (χ1v) is 5.93. The van der Waals surface area contributed by atoms with Crippen LogP contribution in [0.4, 0.5) is 0 Å². The van der Waals surface area contributed by atoms with E-state index in [1.807, 2.05) is 34.1 Å². The second-order valence-corrected chi connectivity index (χ2v) is 3.61. The van der Waals surface area contributed by atoms with E-state index in [4.69, 9.17) is 4.74 Å². The maximum atomic E-state index is 5.39. The molecule has 0 radical (unpaired) electrons. The van der Waals surface area contributed by atoms with Crippen LogP contribution >= 0.6 is 15.9 Å². The standard InChI is InChI=1S/C8H14BrN3O.C2H6/c1-10-3-4-13-6-8-7(9)5-12(2)11-8;1-2/h5,10H,3-4,6H2,1-2H3;1-2H3. The van der Waals surface area contributed by atoms with Gasteiger partial charge in [-0.15, -0.1) is 0 Å². The summed E-state index contributed by atoms with van der Waals surface area (Å²) in [6, 6.07) is 0. The molecule has 0 aliphatic carbocycles. The molecule has 15 heavy (non-hydrogen) atoms. The minimum Gasteiger partial charge on any atom is -0.374 e. The molecule has 0 aromatic carbocycles. The van der Waals surface area contributed by atoms with E-state index in [9.17, 15) is 0 Å². The topological polar surface area (TPSA) is 39.1 Å². The van der Waals surface area contributed by atoms with Gasteiger partial charge in [0, 0.05) is 19.8 Å². The van der Waals surface area contributed by atoms with E-state index in [0.29, 0.717) is 13.2 Å². The Labute approximate surface area is 100 Å². The van der Waals surface area contributed by atoms with Crippen LogP contribution in [0.25, 0.3) is 0 Å². The molecule has 0 aliphatic heterocycles. The lowest BCUT2D eigenvalue weighted by Crippen LogP contribution is -2.14. The largest absolute Gasteiger partial charge is 0.374 e. The van der Waals surface area contributed by atoms with Crippen LogP contribution in [0, 0.1) is 0 Å². The van der Waals surface area contributed by atoms with Gasteiger partial charge in [-0.1, -0.05) is 13.8 Å². The third-order valence-electron chi connectivity index (χ3n) is 1.59. The lowest BCUT2D eigenvalue weighted by atomic mass is 10.5. The van der Waals surface area contributed by atoms with Gasteiger partial charge in [0.1, 0.15) is 5.69 Å². The second kappa shape index (κ2) is 8.88. The fourth-order valence-corrected chi connectivity index (χ4v) is 1.44. The van der Waals surface area contributed by atoms with Crippen LogP contribution in [-0.2, 0) is 18.4 Å². The summed E-state index contributed by atoms with van der Waals surface area (Å²) in [6.07, 6.45) is 1.91. The molecule has 4 nitrogen and oxygen atoms in total. The van der Waals surface area contributed by atoms with Crippen LogP contribution < -0.4 is 5.32 Å². The number of rotatable bonds is 5. The van der Waals surface area contributed by atoms with Crippen molar-refractivity contribution in [3.63, 3.8) is 0 Å².